The third kappa shape index (κ3) is 5.57. The second kappa shape index (κ2) is 9.85. The largest absolute Gasteiger partial charge is 0.489 e. The van der Waals surface area contributed by atoms with E-state index in [1.807, 2.05) is 54.6 Å². The summed E-state index contributed by atoms with van der Waals surface area (Å²) in [5.74, 6) is 0.613. The predicted octanol–water partition coefficient (Wildman–Crippen LogP) is 5.01. The molecule has 0 spiro atoms. The maximum Gasteiger partial charge on any atom is 0.331 e. The number of rotatable bonds is 7. The maximum absolute atomic E-state index is 12.7. The molecule has 1 atom stereocenters. The van der Waals surface area contributed by atoms with Crippen molar-refractivity contribution in [2.75, 3.05) is 7.05 Å². The Hall–Kier alpha value is -3.03. The standard InChI is InChI=1S/C23H23ClN2O4S/c1-17(21-10-6-7-11-22(21)30-16-18-8-4-3-5-9-18)25-23(27)26(2)31(28,29)20-14-12-19(24)13-15-20/h3-15,17H,16H2,1-2H3,(H,25,27). The zero-order valence-electron chi connectivity index (χ0n) is 17.2. The summed E-state index contributed by atoms with van der Waals surface area (Å²) in [6, 6.07) is 21.5. The van der Waals surface area contributed by atoms with E-state index in [-0.39, 0.29) is 4.90 Å². The van der Waals surface area contributed by atoms with Gasteiger partial charge >= 0.3 is 6.03 Å². The van der Waals surface area contributed by atoms with Gasteiger partial charge in [0.05, 0.1) is 10.9 Å². The summed E-state index contributed by atoms with van der Waals surface area (Å²) in [5, 5.41) is 3.13. The summed E-state index contributed by atoms with van der Waals surface area (Å²) in [4.78, 5) is 12.7. The van der Waals surface area contributed by atoms with Crippen molar-refractivity contribution < 1.29 is 17.9 Å². The highest BCUT2D eigenvalue weighted by atomic mass is 35.5. The molecule has 1 N–H and O–H groups in total. The van der Waals surface area contributed by atoms with E-state index in [1.54, 1.807) is 6.92 Å². The number of halogens is 1. The van der Waals surface area contributed by atoms with Crippen molar-refractivity contribution in [2.24, 2.45) is 0 Å². The Labute approximate surface area is 187 Å². The summed E-state index contributed by atoms with van der Waals surface area (Å²) >= 11 is 5.82. The van der Waals surface area contributed by atoms with Crippen molar-refractivity contribution in [1.29, 1.82) is 0 Å². The quantitative estimate of drug-likeness (QED) is 0.540. The number of amides is 2. The van der Waals surface area contributed by atoms with Gasteiger partial charge in [-0.2, -0.15) is 0 Å². The van der Waals surface area contributed by atoms with Crippen LogP contribution in [0.2, 0.25) is 5.02 Å². The Kier molecular flexibility index (Phi) is 7.20. The lowest BCUT2D eigenvalue weighted by atomic mass is 10.1. The molecule has 1 unspecified atom stereocenters. The predicted molar refractivity (Wildman–Crippen MR) is 121 cm³/mol. The van der Waals surface area contributed by atoms with Crippen LogP contribution in [-0.4, -0.2) is 25.8 Å². The second-order valence-electron chi connectivity index (χ2n) is 6.91. The number of hydrogen-bond acceptors (Lipinski definition) is 4. The number of urea groups is 1. The van der Waals surface area contributed by atoms with Crippen LogP contribution >= 0.6 is 11.6 Å². The van der Waals surface area contributed by atoms with Gasteiger partial charge in [-0.25, -0.2) is 17.5 Å². The Morgan fingerprint density at radius 2 is 1.61 bits per heavy atom. The van der Waals surface area contributed by atoms with Crippen molar-refractivity contribution in [3.63, 3.8) is 0 Å². The van der Waals surface area contributed by atoms with Gasteiger partial charge in [0.15, 0.2) is 0 Å². The summed E-state index contributed by atoms with van der Waals surface area (Å²) in [7, 11) is -2.80. The molecule has 162 valence electrons. The third-order valence-corrected chi connectivity index (χ3v) is 6.73. The van der Waals surface area contributed by atoms with Crippen molar-refractivity contribution in [3.8, 4) is 5.75 Å². The van der Waals surface area contributed by atoms with Crippen LogP contribution in [0.3, 0.4) is 0 Å². The first kappa shape index (κ1) is 22.7. The number of nitrogens with one attached hydrogen (secondary N) is 1. The molecule has 0 heterocycles. The maximum atomic E-state index is 12.7. The first-order chi connectivity index (χ1) is 14.8. The van der Waals surface area contributed by atoms with Crippen LogP contribution in [0.25, 0.3) is 0 Å². The van der Waals surface area contributed by atoms with Gasteiger partial charge in [-0.05, 0) is 42.8 Å². The van der Waals surface area contributed by atoms with Gasteiger partial charge in [0, 0.05) is 17.6 Å². The number of para-hydroxylation sites is 1. The molecular formula is C23H23ClN2O4S. The van der Waals surface area contributed by atoms with E-state index in [4.69, 9.17) is 16.3 Å². The van der Waals surface area contributed by atoms with Crippen molar-refractivity contribution in [1.82, 2.24) is 9.62 Å². The van der Waals surface area contributed by atoms with Gasteiger partial charge in [0.1, 0.15) is 12.4 Å². The molecule has 0 radical (unpaired) electrons. The van der Waals surface area contributed by atoms with Gasteiger partial charge in [0.25, 0.3) is 10.0 Å². The molecule has 2 amide bonds. The fourth-order valence-corrected chi connectivity index (χ4v) is 4.13. The Balaban J connectivity index is 1.71. The first-order valence-corrected chi connectivity index (χ1v) is 11.4. The highest BCUT2D eigenvalue weighted by molar-refractivity contribution is 7.89. The number of carbonyl (C=O) groups excluding carboxylic acids is 1. The molecule has 0 aliphatic heterocycles. The number of nitrogens with zero attached hydrogens (tertiary/aromatic N) is 1. The monoisotopic (exact) mass is 458 g/mol. The number of ether oxygens (including phenoxy) is 1. The molecule has 3 aromatic carbocycles. The van der Waals surface area contributed by atoms with Crippen molar-refractivity contribution in [2.45, 2.75) is 24.5 Å². The lowest BCUT2D eigenvalue weighted by Crippen LogP contribution is -2.42. The Morgan fingerprint density at radius 1 is 1.00 bits per heavy atom. The second-order valence-corrected chi connectivity index (χ2v) is 9.32. The minimum atomic E-state index is -4.01. The van der Waals surface area contributed by atoms with E-state index in [0.29, 0.717) is 21.7 Å². The summed E-state index contributed by atoms with van der Waals surface area (Å²) in [6.07, 6.45) is 0. The fraction of sp³-hybridized carbons (Fsp3) is 0.174. The van der Waals surface area contributed by atoms with Crippen LogP contribution in [-0.2, 0) is 16.6 Å². The zero-order valence-corrected chi connectivity index (χ0v) is 18.7. The molecule has 0 aromatic heterocycles. The van der Waals surface area contributed by atoms with Crippen LogP contribution < -0.4 is 10.1 Å². The Morgan fingerprint density at radius 3 is 2.29 bits per heavy atom. The number of benzene rings is 3. The molecule has 0 saturated carbocycles. The molecular weight excluding hydrogens is 436 g/mol. The van der Waals surface area contributed by atoms with Crippen LogP contribution in [0.15, 0.2) is 83.8 Å². The normalized spacial score (nSPS) is 12.1. The summed E-state index contributed by atoms with van der Waals surface area (Å²) in [6.45, 7) is 2.15. The fourth-order valence-electron chi connectivity index (χ4n) is 2.93. The minimum Gasteiger partial charge on any atom is -0.489 e. The molecule has 0 bridgehead atoms. The van der Waals surface area contributed by atoms with Gasteiger partial charge in [0.2, 0.25) is 0 Å². The lowest BCUT2D eigenvalue weighted by Gasteiger charge is -2.23. The zero-order chi connectivity index (χ0) is 22.4. The smallest absolute Gasteiger partial charge is 0.331 e. The molecule has 8 heteroatoms. The van der Waals surface area contributed by atoms with Crippen LogP contribution in [0, 0.1) is 0 Å². The van der Waals surface area contributed by atoms with Crippen LogP contribution in [0.5, 0.6) is 5.75 Å². The molecule has 0 aliphatic carbocycles. The van der Waals surface area contributed by atoms with Gasteiger partial charge in [-0.3, -0.25) is 0 Å². The molecule has 3 aromatic rings. The lowest BCUT2D eigenvalue weighted by molar-refractivity contribution is 0.224. The number of carbonyl (C=O) groups is 1. The van der Waals surface area contributed by atoms with Crippen LogP contribution in [0.4, 0.5) is 4.79 Å². The third-order valence-electron chi connectivity index (χ3n) is 4.72. The van der Waals surface area contributed by atoms with Crippen molar-refractivity contribution >= 4 is 27.7 Å². The molecule has 3 rings (SSSR count). The van der Waals surface area contributed by atoms with E-state index in [1.165, 1.54) is 31.3 Å². The van der Waals surface area contributed by atoms with Gasteiger partial charge < -0.3 is 10.1 Å². The van der Waals surface area contributed by atoms with Gasteiger partial charge in [-0.1, -0.05) is 60.1 Å². The molecule has 0 fully saturated rings. The molecule has 6 nitrogen and oxygen atoms in total. The molecule has 0 saturated heterocycles. The van der Waals surface area contributed by atoms with E-state index in [0.717, 1.165) is 11.1 Å². The van der Waals surface area contributed by atoms with Crippen LogP contribution in [0.1, 0.15) is 24.1 Å². The average molecular weight is 459 g/mol. The number of hydrogen-bond donors (Lipinski definition) is 1. The van der Waals surface area contributed by atoms with E-state index < -0.39 is 22.1 Å². The SMILES string of the molecule is CC(NC(=O)N(C)S(=O)(=O)c1ccc(Cl)cc1)c1ccccc1OCc1ccccc1. The van der Waals surface area contributed by atoms with Gasteiger partial charge in [-0.15, -0.1) is 0 Å². The van der Waals surface area contributed by atoms with E-state index in [9.17, 15) is 13.2 Å². The number of sulfonamides is 1. The molecule has 31 heavy (non-hydrogen) atoms. The average Bonchev–Trinajstić information content (AvgIpc) is 2.78. The van der Waals surface area contributed by atoms with E-state index >= 15 is 0 Å². The highest BCUT2D eigenvalue weighted by Crippen LogP contribution is 2.26. The first-order valence-electron chi connectivity index (χ1n) is 9.59. The summed E-state index contributed by atoms with van der Waals surface area (Å²) in [5.41, 5.74) is 1.76. The summed E-state index contributed by atoms with van der Waals surface area (Å²) < 4.78 is 32.1. The van der Waals surface area contributed by atoms with E-state index in [2.05, 4.69) is 5.32 Å². The minimum absolute atomic E-state index is 0.0196. The molecule has 0 aliphatic rings. The topological polar surface area (TPSA) is 75.7 Å². The Bertz CT molecular complexity index is 1140. The highest BCUT2D eigenvalue weighted by Gasteiger charge is 2.27. The van der Waals surface area contributed by atoms with Crippen molar-refractivity contribution in [3.05, 3.63) is 95.0 Å².